The SMILES string of the molecule is C#CCOCC1(OC(C)=O)O[C@H](COC(C)=O)[C@@H](OC(C)=O)[C@@H]1OC(C)=O. The molecule has 1 aliphatic heterocycles. The zero-order valence-electron chi connectivity index (χ0n) is 15.5. The van der Waals surface area contributed by atoms with E-state index in [1.807, 2.05) is 0 Å². The fourth-order valence-electron chi connectivity index (χ4n) is 2.55. The first-order chi connectivity index (χ1) is 12.6. The van der Waals surface area contributed by atoms with Gasteiger partial charge < -0.3 is 28.4 Å². The summed E-state index contributed by atoms with van der Waals surface area (Å²) >= 11 is 0. The molecule has 0 spiro atoms. The molecule has 0 saturated carbocycles. The average molecular weight is 386 g/mol. The van der Waals surface area contributed by atoms with Crippen molar-refractivity contribution in [3.63, 3.8) is 0 Å². The van der Waals surface area contributed by atoms with Crippen molar-refractivity contribution in [1.29, 1.82) is 0 Å². The number of rotatable bonds is 8. The van der Waals surface area contributed by atoms with Crippen molar-refractivity contribution in [3.05, 3.63) is 0 Å². The zero-order chi connectivity index (χ0) is 20.6. The van der Waals surface area contributed by atoms with Crippen molar-refractivity contribution < 1.29 is 47.6 Å². The Hall–Kier alpha value is -2.64. The van der Waals surface area contributed by atoms with Crippen LogP contribution in [0, 0.1) is 12.3 Å². The summed E-state index contributed by atoms with van der Waals surface area (Å²) in [6.07, 6.45) is 1.46. The van der Waals surface area contributed by atoms with E-state index >= 15 is 0 Å². The topological polar surface area (TPSA) is 124 Å². The summed E-state index contributed by atoms with van der Waals surface area (Å²) in [7, 11) is 0. The smallest absolute Gasteiger partial charge is 0.305 e. The molecule has 10 heteroatoms. The van der Waals surface area contributed by atoms with Crippen molar-refractivity contribution in [1.82, 2.24) is 0 Å². The van der Waals surface area contributed by atoms with Crippen molar-refractivity contribution in [3.8, 4) is 12.3 Å². The second kappa shape index (κ2) is 9.89. The lowest BCUT2D eigenvalue weighted by Gasteiger charge is -2.32. The van der Waals surface area contributed by atoms with Gasteiger partial charge in [-0.3, -0.25) is 19.2 Å². The van der Waals surface area contributed by atoms with Gasteiger partial charge in [0.25, 0.3) is 5.79 Å². The van der Waals surface area contributed by atoms with Crippen molar-refractivity contribution in [2.75, 3.05) is 19.8 Å². The van der Waals surface area contributed by atoms with Crippen LogP contribution in [0.2, 0.25) is 0 Å². The van der Waals surface area contributed by atoms with Gasteiger partial charge in [-0.15, -0.1) is 6.42 Å². The molecule has 0 bridgehead atoms. The number of hydrogen-bond acceptors (Lipinski definition) is 10. The molecule has 1 rings (SSSR count). The van der Waals surface area contributed by atoms with Crippen molar-refractivity contribution in [2.45, 2.75) is 51.8 Å². The molecule has 1 heterocycles. The molecule has 27 heavy (non-hydrogen) atoms. The third-order valence-corrected chi connectivity index (χ3v) is 3.30. The van der Waals surface area contributed by atoms with E-state index in [4.69, 9.17) is 34.8 Å². The van der Waals surface area contributed by atoms with Crippen LogP contribution in [-0.2, 0) is 47.6 Å². The maximum atomic E-state index is 11.6. The lowest BCUT2D eigenvalue weighted by molar-refractivity contribution is -0.271. The van der Waals surface area contributed by atoms with E-state index in [-0.39, 0.29) is 13.2 Å². The summed E-state index contributed by atoms with van der Waals surface area (Å²) in [5.41, 5.74) is 0. The summed E-state index contributed by atoms with van der Waals surface area (Å²) in [6, 6.07) is 0. The summed E-state index contributed by atoms with van der Waals surface area (Å²) in [4.78, 5) is 45.9. The van der Waals surface area contributed by atoms with E-state index in [0.29, 0.717) is 0 Å². The molecule has 4 atom stereocenters. The first-order valence-electron chi connectivity index (χ1n) is 7.97. The van der Waals surface area contributed by atoms with Crippen LogP contribution < -0.4 is 0 Å². The third kappa shape index (κ3) is 6.54. The van der Waals surface area contributed by atoms with Gasteiger partial charge in [-0.25, -0.2) is 0 Å². The molecule has 1 fully saturated rings. The predicted molar refractivity (Wildman–Crippen MR) is 86.8 cm³/mol. The van der Waals surface area contributed by atoms with Crippen LogP contribution in [0.4, 0.5) is 0 Å². The second-order valence-electron chi connectivity index (χ2n) is 5.67. The molecule has 1 unspecified atom stereocenters. The highest BCUT2D eigenvalue weighted by Gasteiger charge is 2.62. The number of ether oxygens (including phenoxy) is 6. The second-order valence-corrected chi connectivity index (χ2v) is 5.67. The first kappa shape index (κ1) is 22.4. The molecular weight excluding hydrogens is 364 g/mol. The molecule has 0 aliphatic carbocycles. The highest BCUT2D eigenvalue weighted by Crippen LogP contribution is 2.37. The Balaban J connectivity index is 3.28. The highest BCUT2D eigenvalue weighted by atomic mass is 16.8. The Morgan fingerprint density at radius 2 is 1.63 bits per heavy atom. The molecule has 0 N–H and O–H groups in total. The van der Waals surface area contributed by atoms with Gasteiger partial charge in [0, 0.05) is 27.7 Å². The minimum Gasteiger partial charge on any atom is -0.463 e. The summed E-state index contributed by atoms with van der Waals surface area (Å²) < 4.78 is 31.5. The maximum Gasteiger partial charge on any atom is 0.305 e. The van der Waals surface area contributed by atoms with E-state index < -0.39 is 54.6 Å². The first-order valence-corrected chi connectivity index (χ1v) is 7.97. The average Bonchev–Trinajstić information content (AvgIpc) is 2.78. The Morgan fingerprint density at radius 3 is 2.11 bits per heavy atom. The van der Waals surface area contributed by atoms with Gasteiger partial charge in [0.15, 0.2) is 6.10 Å². The highest BCUT2D eigenvalue weighted by molar-refractivity contribution is 5.69. The Morgan fingerprint density at radius 1 is 1.00 bits per heavy atom. The fourth-order valence-corrected chi connectivity index (χ4v) is 2.55. The molecule has 150 valence electrons. The van der Waals surface area contributed by atoms with E-state index in [2.05, 4.69) is 5.92 Å². The van der Waals surface area contributed by atoms with Gasteiger partial charge in [0.2, 0.25) is 6.10 Å². The van der Waals surface area contributed by atoms with Gasteiger partial charge in [0.05, 0.1) is 0 Å². The number of hydrogen-bond donors (Lipinski definition) is 0. The van der Waals surface area contributed by atoms with E-state index in [0.717, 1.165) is 20.8 Å². The van der Waals surface area contributed by atoms with E-state index in [1.54, 1.807) is 0 Å². The molecule has 0 amide bonds. The Kier molecular flexibility index (Phi) is 8.21. The van der Waals surface area contributed by atoms with Crippen LogP contribution in [0.5, 0.6) is 0 Å². The largest absolute Gasteiger partial charge is 0.463 e. The molecule has 1 saturated heterocycles. The standard InChI is InChI=1S/C17H22O10/c1-6-7-22-9-17(26-13(5)21)16(25-12(4)20)15(24-11(3)19)14(27-17)8-23-10(2)18/h1,14-16H,7-9H2,2-5H3/t14-,15-,16+,17?/m1/s1. The number of carbonyl (C=O) groups excluding carboxylic acids is 4. The zero-order valence-corrected chi connectivity index (χ0v) is 15.5. The van der Waals surface area contributed by atoms with Crippen LogP contribution in [0.15, 0.2) is 0 Å². The van der Waals surface area contributed by atoms with Crippen LogP contribution in [-0.4, -0.2) is 67.8 Å². The molecule has 10 nitrogen and oxygen atoms in total. The van der Waals surface area contributed by atoms with Gasteiger partial charge in [-0.1, -0.05) is 5.92 Å². The fraction of sp³-hybridized carbons (Fsp3) is 0.647. The molecule has 0 aromatic carbocycles. The van der Waals surface area contributed by atoms with Gasteiger partial charge >= 0.3 is 23.9 Å². The summed E-state index contributed by atoms with van der Waals surface area (Å²) in [5, 5.41) is 0. The maximum absolute atomic E-state index is 11.6. The summed E-state index contributed by atoms with van der Waals surface area (Å²) in [5.74, 6) is -2.56. The number of esters is 4. The third-order valence-electron chi connectivity index (χ3n) is 3.30. The monoisotopic (exact) mass is 386 g/mol. The molecular formula is C17H22O10. The van der Waals surface area contributed by atoms with E-state index in [1.165, 1.54) is 6.92 Å². The van der Waals surface area contributed by atoms with E-state index in [9.17, 15) is 19.2 Å². The lowest BCUT2D eigenvalue weighted by Crippen LogP contribution is -2.53. The van der Waals surface area contributed by atoms with Gasteiger partial charge in [-0.2, -0.15) is 0 Å². The molecule has 1 aliphatic rings. The van der Waals surface area contributed by atoms with Crippen LogP contribution in [0.3, 0.4) is 0 Å². The van der Waals surface area contributed by atoms with Gasteiger partial charge in [0.1, 0.15) is 25.9 Å². The molecule has 0 radical (unpaired) electrons. The van der Waals surface area contributed by atoms with Gasteiger partial charge in [-0.05, 0) is 0 Å². The normalized spacial score (nSPS) is 26.6. The Bertz CT molecular complexity index is 622. The lowest BCUT2D eigenvalue weighted by atomic mass is 10.0. The quantitative estimate of drug-likeness (QED) is 0.238. The Labute approximate surface area is 156 Å². The number of carbonyl (C=O) groups is 4. The van der Waals surface area contributed by atoms with Crippen LogP contribution in [0.1, 0.15) is 27.7 Å². The summed E-state index contributed by atoms with van der Waals surface area (Å²) in [6.45, 7) is 3.63. The van der Waals surface area contributed by atoms with Crippen LogP contribution >= 0.6 is 0 Å². The predicted octanol–water partition coefficient (Wildman–Crippen LogP) is -0.279. The number of terminal acetylenes is 1. The van der Waals surface area contributed by atoms with Crippen molar-refractivity contribution in [2.24, 2.45) is 0 Å². The minimum absolute atomic E-state index is 0.147. The minimum atomic E-state index is -1.95. The molecule has 0 aromatic heterocycles. The van der Waals surface area contributed by atoms with Crippen LogP contribution in [0.25, 0.3) is 0 Å². The molecule has 0 aromatic rings. The van der Waals surface area contributed by atoms with Crippen molar-refractivity contribution >= 4 is 23.9 Å².